The molecule has 1 aromatic rings. The highest BCUT2D eigenvalue weighted by Crippen LogP contribution is 2.56. The van der Waals surface area contributed by atoms with Crippen LogP contribution in [0, 0.1) is 16.7 Å². The molecule has 1 aromatic carbocycles. The van der Waals surface area contributed by atoms with Crippen LogP contribution in [0.3, 0.4) is 0 Å². The molecule has 4 nitrogen and oxygen atoms in total. The Hall–Kier alpha value is -1.84. The van der Waals surface area contributed by atoms with Gasteiger partial charge in [0.25, 0.3) is 0 Å². The Kier molecular flexibility index (Phi) is 4.08. The molecule has 0 bridgehead atoms. The van der Waals surface area contributed by atoms with Crippen LogP contribution in [0.1, 0.15) is 39.2 Å². The maximum Gasteiger partial charge on any atom is 0.309 e. The minimum Gasteiger partial charge on any atom is -0.481 e. The number of esters is 1. The van der Waals surface area contributed by atoms with Crippen LogP contribution in [0.25, 0.3) is 0 Å². The van der Waals surface area contributed by atoms with Gasteiger partial charge in [0.1, 0.15) is 6.61 Å². The first-order chi connectivity index (χ1) is 9.79. The van der Waals surface area contributed by atoms with Gasteiger partial charge in [-0.25, -0.2) is 0 Å². The minimum atomic E-state index is -0.885. The first-order valence-corrected chi connectivity index (χ1v) is 7.23. The van der Waals surface area contributed by atoms with Crippen LogP contribution in [0.2, 0.25) is 0 Å². The molecule has 0 heterocycles. The van der Waals surface area contributed by atoms with E-state index in [1.165, 1.54) is 0 Å². The quantitative estimate of drug-likeness (QED) is 0.864. The summed E-state index contributed by atoms with van der Waals surface area (Å²) >= 11 is 0. The highest BCUT2D eigenvalue weighted by atomic mass is 16.5. The number of rotatable bonds is 4. The van der Waals surface area contributed by atoms with Crippen molar-refractivity contribution in [1.82, 2.24) is 0 Å². The van der Waals surface area contributed by atoms with Crippen molar-refractivity contribution >= 4 is 11.9 Å². The van der Waals surface area contributed by atoms with Gasteiger partial charge in [-0.15, -0.1) is 0 Å². The standard InChI is InChI=1S/C17H22O4/c1-16(2)13(9-10-17(16,3)15(19)20)14(18)21-11-12-7-5-4-6-8-12/h4-8,13H,9-11H2,1-3H3,(H,19,20)/t13-,17+/m0/s1. The zero-order valence-electron chi connectivity index (χ0n) is 12.8. The van der Waals surface area contributed by atoms with Gasteiger partial charge in [-0.3, -0.25) is 9.59 Å². The van der Waals surface area contributed by atoms with Crippen molar-refractivity contribution in [1.29, 1.82) is 0 Å². The van der Waals surface area contributed by atoms with Gasteiger partial charge in [0.05, 0.1) is 11.3 Å². The molecule has 0 saturated heterocycles. The number of ether oxygens (including phenoxy) is 1. The Morgan fingerprint density at radius 1 is 1.24 bits per heavy atom. The highest BCUT2D eigenvalue weighted by molar-refractivity contribution is 5.80. The van der Waals surface area contributed by atoms with Crippen LogP contribution >= 0.6 is 0 Å². The van der Waals surface area contributed by atoms with Crippen molar-refractivity contribution < 1.29 is 19.4 Å². The van der Waals surface area contributed by atoms with E-state index >= 15 is 0 Å². The maximum atomic E-state index is 12.3. The zero-order valence-corrected chi connectivity index (χ0v) is 12.8. The number of hydrogen-bond acceptors (Lipinski definition) is 3. The molecule has 2 rings (SSSR count). The monoisotopic (exact) mass is 290 g/mol. The van der Waals surface area contributed by atoms with E-state index in [2.05, 4.69) is 0 Å². The SMILES string of the molecule is CC1(C)[C@H](C(=O)OCc2ccccc2)CC[C@]1(C)C(=O)O. The molecule has 0 unspecified atom stereocenters. The van der Waals surface area contributed by atoms with E-state index in [1.807, 2.05) is 44.2 Å². The third-order valence-electron chi connectivity index (χ3n) is 5.21. The summed E-state index contributed by atoms with van der Waals surface area (Å²) in [4.78, 5) is 23.9. The molecule has 0 amide bonds. The molecule has 0 radical (unpaired) electrons. The Balaban J connectivity index is 2.05. The first kappa shape index (κ1) is 15.5. The molecule has 0 spiro atoms. The van der Waals surface area contributed by atoms with Gasteiger partial charge in [0.2, 0.25) is 0 Å². The molecular weight excluding hydrogens is 268 g/mol. The van der Waals surface area contributed by atoms with Gasteiger partial charge in [0.15, 0.2) is 0 Å². The largest absolute Gasteiger partial charge is 0.481 e. The average molecular weight is 290 g/mol. The lowest BCUT2D eigenvalue weighted by Crippen LogP contribution is -2.43. The van der Waals surface area contributed by atoms with Gasteiger partial charge in [-0.05, 0) is 30.7 Å². The van der Waals surface area contributed by atoms with E-state index in [-0.39, 0.29) is 18.5 Å². The second-order valence-electron chi connectivity index (χ2n) is 6.54. The molecule has 4 heteroatoms. The summed E-state index contributed by atoms with van der Waals surface area (Å²) in [5.74, 6) is -1.51. The van der Waals surface area contributed by atoms with Crippen LogP contribution in [-0.4, -0.2) is 17.0 Å². The molecular formula is C17H22O4. The van der Waals surface area contributed by atoms with Crippen molar-refractivity contribution in [3.05, 3.63) is 35.9 Å². The van der Waals surface area contributed by atoms with E-state index < -0.39 is 16.8 Å². The van der Waals surface area contributed by atoms with Crippen LogP contribution in [0.4, 0.5) is 0 Å². The van der Waals surface area contributed by atoms with E-state index in [4.69, 9.17) is 4.74 Å². The average Bonchev–Trinajstić information content (AvgIpc) is 2.69. The van der Waals surface area contributed by atoms with Gasteiger partial charge >= 0.3 is 11.9 Å². The summed E-state index contributed by atoms with van der Waals surface area (Å²) in [6.45, 7) is 5.65. The van der Waals surface area contributed by atoms with Crippen molar-refractivity contribution in [3.63, 3.8) is 0 Å². The number of carboxylic acids is 1. The second kappa shape index (κ2) is 5.51. The van der Waals surface area contributed by atoms with Crippen LogP contribution < -0.4 is 0 Å². The van der Waals surface area contributed by atoms with Crippen LogP contribution in [-0.2, 0) is 20.9 Å². The predicted molar refractivity (Wildman–Crippen MR) is 78.5 cm³/mol. The number of carboxylic acid groups (broad SMARTS) is 1. The molecule has 2 atom stereocenters. The van der Waals surface area contributed by atoms with Crippen LogP contribution in [0.15, 0.2) is 30.3 Å². The molecule has 1 aliphatic rings. The Morgan fingerprint density at radius 2 is 1.86 bits per heavy atom. The smallest absolute Gasteiger partial charge is 0.309 e. The second-order valence-corrected chi connectivity index (χ2v) is 6.54. The van der Waals surface area contributed by atoms with E-state index in [9.17, 15) is 14.7 Å². The number of benzene rings is 1. The Labute approximate surface area is 125 Å². The normalized spacial score (nSPS) is 27.3. The summed E-state index contributed by atoms with van der Waals surface area (Å²) < 4.78 is 5.39. The van der Waals surface area contributed by atoms with Crippen molar-refractivity contribution in [2.45, 2.75) is 40.2 Å². The number of aliphatic carboxylic acids is 1. The molecule has 1 fully saturated rings. The molecule has 1 saturated carbocycles. The zero-order chi connectivity index (χ0) is 15.7. The van der Waals surface area contributed by atoms with Gasteiger partial charge in [0, 0.05) is 0 Å². The fourth-order valence-electron chi connectivity index (χ4n) is 3.12. The molecule has 114 valence electrons. The topological polar surface area (TPSA) is 63.6 Å². The number of carbonyl (C=O) groups is 2. The lowest BCUT2D eigenvalue weighted by Gasteiger charge is -2.37. The molecule has 1 aliphatic carbocycles. The summed E-state index contributed by atoms with van der Waals surface area (Å²) in [5, 5.41) is 9.46. The minimum absolute atomic E-state index is 0.232. The van der Waals surface area contributed by atoms with Crippen molar-refractivity contribution in [2.24, 2.45) is 16.7 Å². The fraction of sp³-hybridized carbons (Fsp3) is 0.529. The molecule has 0 aromatic heterocycles. The third kappa shape index (κ3) is 2.67. The van der Waals surface area contributed by atoms with Gasteiger partial charge in [-0.2, -0.15) is 0 Å². The maximum absolute atomic E-state index is 12.3. The molecule has 21 heavy (non-hydrogen) atoms. The fourth-order valence-corrected chi connectivity index (χ4v) is 3.12. The summed E-state index contributed by atoms with van der Waals surface area (Å²) in [6.07, 6.45) is 1.06. The Bertz CT molecular complexity index is 535. The molecule has 0 aliphatic heterocycles. The summed E-state index contributed by atoms with van der Waals surface area (Å²) in [5.41, 5.74) is -0.571. The van der Waals surface area contributed by atoms with Gasteiger partial charge < -0.3 is 9.84 Å². The lowest BCUT2D eigenvalue weighted by molar-refractivity contribution is -0.161. The van der Waals surface area contributed by atoms with Crippen molar-refractivity contribution in [3.8, 4) is 0 Å². The van der Waals surface area contributed by atoms with E-state index in [1.54, 1.807) is 6.92 Å². The number of carbonyl (C=O) groups excluding carboxylic acids is 1. The summed E-state index contributed by atoms with van der Waals surface area (Å²) in [7, 11) is 0. The van der Waals surface area contributed by atoms with Crippen molar-refractivity contribution in [2.75, 3.05) is 0 Å². The first-order valence-electron chi connectivity index (χ1n) is 7.23. The summed E-state index contributed by atoms with van der Waals surface area (Å²) in [6, 6.07) is 9.49. The third-order valence-corrected chi connectivity index (χ3v) is 5.21. The van der Waals surface area contributed by atoms with E-state index in [0.717, 1.165) is 5.56 Å². The van der Waals surface area contributed by atoms with Gasteiger partial charge in [-0.1, -0.05) is 44.2 Å². The molecule has 1 N–H and O–H groups in total. The number of hydrogen-bond donors (Lipinski definition) is 1. The Morgan fingerprint density at radius 3 is 2.38 bits per heavy atom. The van der Waals surface area contributed by atoms with Crippen LogP contribution in [0.5, 0.6) is 0 Å². The highest BCUT2D eigenvalue weighted by Gasteiger charge is 2.58. The lowest BCUT2D eigenvalue weighted by atomic mass is 9.66. The predicted octanol–water partition coefficient (Wildman–Crippen LogP) is 3.26. The van der Waals surface area contributed by atoms with E-state index in [0.29, 0.717) is 12.8 Å².